The number of hydrogen-bond donors (Lipinski definition) is 2. The highest BCUT2D eigenvalue weighted by atomic mass is 16.2. The molecule has 0 spiro atoms. The number of carbonyl (C=O) groups is 2. The average Bonchev–Trinajstić information content (AvgIpc) is 2.56. The number of nitrogens with zero attached hydrogens (tertiary/aromatic N) is 1. The Labute approximate surface area is 134 Å². The fourth-order valence-electron chi connectivity index (χ4n) is 3.94. The van der Waals surface area contributed by atoms with Crippen LogP contribution in [0.3, 0.4) is 0 Å². The first-order chi connectivity index (χ1) is 10.6. The van der Waals surface area contributed by atoms with Gasteiger partial charge in [0.2, 0.25) is 11.8 Å². The zero-order valence-electron chi connectivity index (χ0n) is 13.9. The highest BCUT2D eigenvalue weighted by Crippen LogP contribution is 2.39. The average molecular weight is 309 g/mol. The molecule has 0 bridgehead atoms. The molecule has 0 aromatic rings. The van der Waals surface area contributed by atoms with Crippen molar-refractivity contribution in [2.75, 3.05) is 26.7 Å². The first kappa shape index (κ1) is 17.3. The van der Waals surface area contributed by atoms with E-state index in [1.807, 2.05) is 4.90 Å². The fraction of sp³-hybridized carbons (Fsp3) is 0.882. The third kappa shape index (κ3) is 4.45. The molecule has 22 heavy (non-hydrogen) atoms. The summed E-state index contributed by atoms with van der Waals surface area (Å²) in [5, 5.41) is 2.68. The Morgan fingerprint density at radius 3 is 2.36 bits per heavy atom. The van der Waals surface area contributed by atoms with Crippen LogP contribution in [0.1, 0.15) is 57.8 Å². The van der Waals surface area contributed by atoms with Gasteiger partial charge in [0.1, 0.15) is 0 Å². The van der Waals surface area contributed by atoms with Gasteiger partial charge < -0.3 is 16.0 Å². The van der Waals surface area contributed by atoms with Gasteiger partial charge in [-0.25, -0.2) is 0 Å². The minimum atomic E-state index is 0.0499. The lowest BCUT2D eigenvalue weighted by Gasteiger charge is -2.39. The minimum Gasteiger partial charge on any atom is -0.359 e. The van der Waals surface area contributed by atoms with E-state index in [2.05, 4.69) is 5.32 Å². The molecule has 2 rings (SSSR count). The Hall–Kier alpha value is -1.10. The molecular formula is C17H31N3O2. The summed E-state index contributed by atoms with van der Waals surface area (Å²) in [6.07, 6.45) is 8.97. The van der Waals surface area contributed by atoms with Crippen LogP contribution in [0.25, 0.3) is 0 Å². The Balaban J connectivity index is 1.80. The first-order valence-corrected chi connectivity index (χ1v) is 8.77. The molecule has 1 aliphatic heterocycles. The van der Waals surface area contributed by atoms with E-state index in [0.29, 0.717) is 25.3 Å². The summed E-state index contributed by atoms with van der Waals surface area (Å²) >= 11 is 0. The highest BCUT2D eigenvalue weighted by molar-refractivity contribution is 5.77. The number of hydrogen-bond acceptors (Lipinski definition) is 3. The zero-order chi connectivity index (χ0) is 16.0. The molecule has 3 N–H and O–H groups in total. The SMILES string of the molecule is CNC(=O)CC1CCN(C(=O)CC2(CN)CCCCC2)CC1. The molecule has 1 aliphatic carbocycles. The van der Waals surface area contributed by atoms with Crippen LogP contribution in [0.15, 0.2) is 0 Å². The van der Waals surface area contributed by atoms with Gasteiger partial charge in [0, 0.05) is 33.0 Å². The molecule has 0 unspecified atom stereocenters. The number of nitrogens with two attached hydrogens (primary N) is 1. The molecule has 126 valence electrons. The topological polar surface area (TPSA) is 75.4 Å². The van der Waals surface area contributed by atoms with Gasteiger partial charge in [-0.2, -0.15) is 0 Å². The summed E-state index contributed by atoms with van der Waals surface area (Å²) in [5.74, 6) is 0.793. The molecule has 1 saturated carbocycles. The van der Waals surface area contributed by atoms with E-state index in [0.717, 1.165) is 38.8 Å². The molecule has 0 atom stereocenters. The van der Waals surface area contributed by atoms with Gasteiger partial charge in [0.15, 0.2) is 0 Å². The number of piperidine rings is 1. The summed E-state index contributed by atoms with van der Waals surface area (Å²) in [4.78, 5) is 26.0. The van der Waals surface area contributed by atoms with Crippen molar-refractivity contribution in [3.63, 3.8) is 0 Å². The van der Waals surface area contributed by atoms with E-state index in [9.17, 15) is 9.59 Å². The molecule has 2 fully saturated rings. The second-order valence-electron chi connectivity index (χ2n) is 7.14. The normalized spacial score (nSPS) is 22.4. The second kappa shape index (κ2) is 7.95. The van der Waals surface area contributed by atoms with Crippen LogP contribution in [0.4, 0.5) is 0 Å². The maximum Gasteiger partial charge on any atom is 0.223 e. The van der Waals surface area contributed by atoms with E-state index < -0.39 is 0 Å². The Morgan fingerprint density at radius 2 is 1.82 bits per heavy atom. The van der Waals surface area contributed by atoms with Crippen LogP contribution in [0.5, 0.6) is 0 Å². The van der Waals surface area contributed by atoms with E-state index in [1.54, 1.807) is 7.05 Å². The maximum atomic E-state index is 12.6. The van der Waals surface area contributed by atoms with Crippen LogP contribution >= 0.6 is 0 Å². The summed E-state index contributed by atoms with van der Waals surface area (Å²) in [6, 6.07) is 0. The van der Waals surface area contributed by atoms with Gasteiger partial charge in [-0.3, -0.25) is 9.59 Å². The summed E-state index contributed by atoms with van der Waals surface area (Å²) < 4.78 is 0. The zero-order valence-corrected chi connectivity index (χ0v) is 13.9. The first-order valence-electron chi connectivity index (χ1n) is 8.77. The van der Waals surface area contributed by atoms with Crippen molar-refractivity contribution in [1.82, 2.24) is 10.2 Å². The van der Waals surface area contributed by atoms with Crippen LogP contribution in [0.2, 0.25) is 0 Å². The Bertz CT molecular complexity index is 383. The second-order valence-corrected chi connectivity index (χ2v) is 7.14. The van der Waals surface area contributed by atoms with Crippen molar-refractivity contribution in [3.8, 4) is 0 Å². The summed E-state index contributed by atoms with van der Waals surface area (Å²) in [6.45, 7) is 2.22. The van der Waals surface area contributed by atoms with Crippen molar-refractivity contribution in [1.29, 1.82) is 0 Å². The van der Waals surface area contributed by atoms with E-state index in [4.69, 9.17) is 5.73 Å². The van der Waals surface area contributed by atoms with Gasteiger partial charge in [0.25, 0.3) is 0 Å². The Morgan fingerprint density at radius 1 is 1.18 bits per heavy atom. The van der Waals surface area contributed by atoms with Gasteiger partial charge in [0.05, 0.1) is 0 Å². The maximum absolute atomic E-state index is 12.6. The number of amides is 2. The molecular weight excluding hydrogens is 278 g/mol. The lowest BCUT2D eigenvalue weighted by atomic mass is 9.71. The molecule has 5 heteroatoms. The highest BCUT2D eigenvalue weighted by Gasteiger charge is 2.35. The number of carbonyl (C=O) groups excluding carboxylic acids is 2. The van der Waals surface area contributed by atoms with Gasteiger partial charge in [-0.1, -0.05) is 19.3 Å². The quantitative estimate of drug-likeness (QED) is 0.811. The van der Waals surface area contributed by atoms with E-state index in [1.165, 1.54) is 19.3 Å². The lowest BCUT2D eigenvalue weighted by molar-refractivity contribution is -0.135. The van der Waals surface area contributed by atoms with Crippen LogP contribution in [-0.4, -0.2) is 43.4 Å². The number of rotatable bonds is 5. The number of nitrogens with one attached hydrogen (secondary N) is 1. The van der Waals surface area contributed by atoms with E-state index in [-0.39, 0.29) is 17.2 Å². The molecule has 2 amide bonds. The standard InChI is InChI=1S/C17H31N3O2/c1-19-15(21)11-14-5-9-20(10-6-14)16(22)12-17(13-18)7-3-2-4-8-17/h14H,2-13,18H2,1H3,(H,19,21). The van der Waals surface area contributed by atoms with Crippen LogP contribution in [-0.2, 0) is 9.59 Å². The van der Waals surface area contributed by atoms with Crippen molar-refractivity contribution in [3.05, 3.63) is 0 Å². The van der Waals surface area contributed by atoms with Crippen molar-refractivity contribution in [2.24, 2.45) is 17.1 Å². The molecule has 0 radical (unpaired) electrons. The third-order valence-corrected chi connectivity index (χ3v) is 5.59. The molecule has 5 nitrogen and oxygen atoms in total. The van der Waals surface area contributed by atoms with Crippen molar-refractivity contribution in [2.45, 2.75) is 57.8 Å². The number of likely N-dealkylation sites (tertiary alicyclic amines) is 1. The van der Waals surface area contributed by atoms with Crippen molar-refractivity contribution >= 4 is 11.8 Å². The smallest absolute Gasteiger partial charge is 0.223 e. The molecule has 2 aliphatic rings. The largest absolute Gasteiger partial charge is 0.359 e. The molecule has 1 heterocycles. The Kier molecular flexibility index (Phi) is 6.24. The minimum absolute atomic E-state index is 0.0499. The van der Waals surface area contributed by atoms with Crippen LogP contribution < -0.4 is 11.1 Å². The van der Waals surface area contributed by atoms with Gasteiger partial charge in [-0.05, 0) is 43.6 Å². The summed E-state index contributed by atoms with van der Waals surface area (Å²) in [7, 11) is 1.68. The van der Waals surface area contributed by atoms with E-state index >= 15 is 0 Å². The monoisotopic (exact) mass is 309 g/mol. The molecule has 1 saturated heterocycles. The molecule has 0 aromatic carbocycles. The molecule has 0 aromatic heterocycles. The predicted molar refractivity (Wildman–Crippen MR) is 87.2 cm³/mol. The van der Waals surface area contributed by atoms with Gasteiger partial charge >= 0.3 is 0 Å². The summed E-state index contributed by atoms with van der Waals surface area (Å²) in [5.41, 5.74) is 6.04. The van der Waals surface area contributed by atoms with Crippen molar-refractivity contribution < 1.29 is 9.59 Å². The lowest BCUT2D eigenvalue weighted by Crippen LogP contribution is -2.44. The predicted octanol–water partition coefficient (Wildman–Crippen LogP) is 1.66. The third-order valence-electron chi connectivity index (χ3n) is 5.59. The fourth-order valence-corrected chi connectivity index (χ4v) is 3.94. The van der Waals surface area contributed by atoms with Gasteiger partial charge in [-0.15, -0.1) is 0 Å². The van der Waals surface area contributed by atoms with Crippen LogP contribution in [0, 0.1) is 11.3 Å².